The average molecular weight is 456 g/mol. The number of aryl methyl sites for hydroxylation is 1. The van der Waals surface area contributed by atoms with Crippen LogP contribution in [0.4, 0.5) is 4.79 Å². The van der Waals surface area contributed by atoms with Crippen molar-refractivity contribution in [3.8, 4) is 0 Å². The van der Waals surface area contributed by atoms with Crippen LogP contribution in [0.3, 0.4) is 0 Å². The highest BCUT2D eigenvalue weighted by atomic mass is 16.5. The predicted molar refractivity (Wildman–Crippen MR) is 118 cm³/mol. The molecule has 2 heterocycles. The molecule has 2 N–H and O–H groups in total. The molecule has 2 unspecified atom stereocenters. The highest BCUT2D eigenvalue weighted by Gasteiger charge is 2.33. The SMILES string of the molecule is CC(C)C(NC(=O)OCc1ccccc1)C(=O)CC1CCc2cnoc2CCNC(=O)C1=O. The summed E-state index contributed by atoms with van der Waals surface area (Å²) in [6.45, 7) is 3.92. The maximum Gasteiger partial charge on any atom is 0.408 e. The van der Waals surface area contributed by atoms with Crippen LogP contribution >= 0.6 is 0 Å². The van der Waals surface area contributed by atoms with E-state index < -0.39 is 29.7 Å². The lowest BCUT2D eigenvalue weighted by Crippen LogP contribution is -2.46. The number of nitrogens with one attached hydrogen (secondary N) is 2. The Kier molecular flexibility index (Phi) is 8.34. The van der Waals surface area contributed by atoms with Crippen LogP contribution in [-0.4, -0.2) is 41.3 Å². The van der Waals surface area contributed by atoms with Crippen molar-refractivity contribution in [1.29, 1.82) is 0 Å². The molecule has 1 aromatic carbocycles. The molecule has 0 spiro atoms. The molecule has 2 amide bonds. The van der Waals surface area contributed by atoms with E-state index in [1.165, 1.54) is 0 Å². The van der Waals surface area contributed by atoms with Crippen LogP contribution in [-0.2, 0) is 38.6 Å². The fourth-order valence-corrected chi connectivity index (χ4v) is 3.79. The highest BCUT2D eigenvalue weighted by molar-refractivity contribution is 6.37. The van der Waals surface area contributed by atoms with Crippen molar-refractivity contribution in [3.05, 3.63) is 53.4 Å². The molecule has 0 fully saturated rings. The van der Waals surface area contributed by atoms with Crippen molar-refractivity contribution in [3.63, 3.8) is 0 Å². The van der Waals surface area contributed by atoms with E-state index in [0.29, 0.717) is 25.0 Å². The second-order valence-corrected chi connectivity index (χ2v) is 8.48. The first-order valence-corrected chi connectivity index (χ1v) is 11.1. The Morgan fingerprint density at radius 1 is 1.21 bits per heavy atom. The molecule has 0 saturated heterocycles. The molecule has 0 aliphatic carbocycles. The number of Topliss-reactive ketones (excluding diaryl/α,β-unsaturated/α-hetero) is 2. The minimum Gasteiger partial charge on any atom is -0.445 e. The summed E-state index contributed by atoms with van der Waals surface area (Å²) in [5.74, 6) is -2.03. The molecule has 2 aromatic rings. The van der Waals surface area contributed by atoms with Gasteiger partial charge in [0.15, 0.2) is 5.78 Å². The van der Waals surface area contributed by atoms with E-state index >= 15 is 0 Å². The number of hydrogen-bond donors (Lipinski definition) is 2. The van der Waals surface area contributed by atoms with Crippen molar-refractivity contribution in [2.75, 3.05) is 6.54 Å². The Hall–Kier alpha value is -3.49. The Bertz CT molecular complexity index is 985. The first-order valence-electron chi connectivity index (χ1n) is 11.1. The lowest BCUT2D eigenvalue weighted by molar-refractivity contribution is -0.141. The van der Waals surface area contributed by atoms with Crippen LogP contribution in [0, 0.1) is 11.8 Å². The van der Waals surface area contributed by atoms with Gasteiger partial charge in [0.25, 0.3) is 5.91 Å². The van der Waals surface area contributed by atoms with Gasteiger partial charge >= 0.3 is 6.09 Å². The minimum atomic E-state index is -0.842. The number of benzene rings is 1. The summed E-state index contributed by atoms with van der Waals surface area (Å²) >= 11 is 0. The van der Waals surface area contributed by atoms with Gasteiger partial charge in [-0.05, 0) is 24.3 Å². The summed E-state index contributed by atoms with van der Waals surface area (Å²) in [6.07, 6.45) is 1.94. The topological polar surface area (TPSA) is 128 Å². The summed E-state index contributed by atoms with van der Waals surface area (Å²) < 4.78 is 10.5. The van der Waals surface area contributed by atoms with Crippen LogP contribution in [0.15, 0.2) is 41.1 Å². The molecule has 0 bridgehead atoms. The van der Waals surface area contributed by atoms with E-state index in [2.05, 4.69) is 15.8 Å². The lowest BCUT2D eigenvalue weighted by Gasteiger charge is -2.23. The molecule has 176 valence electrons. The minimum absolute atomic E-state index is 0.0774. The van der Waals surface area contributed by atoms with E-state index in [1.54, 1.807) is 20.0 Å². The first kappa shape index (κ1) is 24.2. The van der Waals surface area contributed by atoms with E-state index in [4.69, 9.17) is 9.26 Å². The van der Waals surface area contributed by atoms with Crippen molar-refractivity contribution in [2.45, 2.75) is 52.2 Å². The van der Waals surface area contributed by atoms with E-state index in [1.807, 2.05) is 30.3 Å². The zero-order valence-corrected chi connectivity index (χ0v) is 18.8. The van der Waals surface area contributed by atoms with Crippen molar-refractivity contribution in [2.24, 2.45) is 11.8 Å². The van der Waals surface area contributed by atoms with Crippen LogP contribution < -0.4 is 10.6 Å². The molecule has 3 rings (SSSR count). The predicted octanol–water partition coefficient (Wildman–Crippen LogP) is 2.38. The third-order valence-corrected chi connectivity index (χ3v) is 5.67. The summed E-state index contributed by atoms with van der Waals surface area (Å²) in [5.41, 5.74) is 1.69. The smallest absolute Gasteiger partial charge is 0.408 e. The molecule has 1 aromatic heterocycles. The van der Waals surface area contributed by atoms with Crippen LogP contribution in [0.5, 0.6) is 0 Å². The number of carbonyl (C=O) groups is 4. The number of alkyl carbamates (subject to hydrolysis) is 1. The van der Waals surface area contributed by atoms with Gasteiger partial charge in [-0.15, -0.1) is 0 Å². The molecule has 1 aliphatic heterocycles. The normalized spacial score (nSPS) is 17.6. The number of ketones is 2. The highest BCUT2D eigenvalue weighted by Crippen LogP contribution is 2.21. The average Bonchev–Trinajstić information content (AvgIpc) is 3.25. The number of fused-ring (bicyclic) bond motifs is 1. The van der Waals surface area contributed by atoms with Crippen molar-refractivity contribution in [1.82, 2.24) is 15.8 Å². The largest absolute Gasteiger partial charge is 0.445 e. The number of ether oxygens (including phenoxy) is 1. The molecule has 9 heteroatoms. The van der Waals surface area contributed by atoms with Crippen LogP contribution in [0.1, 0.15) is 43.6 Å². The quantitative estimate of drug-likeness (QED) is 0.614. The van der Waals surface area contributed by atoms with Crippen molar-refractivity contribution < 1.29 is 28.4 Å². The van der Waals surface area contributed by atoms with Gasteiger partial charge in [0, 0.05) is 30.9 Å². The molecule has 0 radical (unpaired) electrons. The summed E-state index contributed by atoms with van der Waals surface area (Å²) in [7, 11) is 0. The Morgan fingerprint density at radius 3 is 2.70 bits per heavy atom. The summed E-state index contributed by atoms with van der Waals surface area (Å²) in [4.78, 5) is 50.4. The molecule has 0 saturated carbocycles. The van der Waals surface area contributed by atoms with E-state index in [-0.39, 0.29) is 31.3 Å². The van der Waals surface area contributed by atoms with Gasteiger partial charge in [-0.1, -0.05) is 49.3 Å². The molecule has 33 heavy (non-hydrogen) atoms. The van der Waals surface area contributed by atoms with Crippen LogP contribution in [0.25, 0.3) is 0 Å². The Morgan fingerprint density at radius 2 is 1.97 bits per heavy atom. The zero-order chi connectivity index (χ0) is 23.8. The first-order chi connectivity index (χ1) is 15.8. The van der Waals surface area contributed by atoms with Crippen molar-refractivity contribution >= 4 is 23.6 Å². The lowest BCUT2D eigenvalue weighted by atomic mass is 9.86. The molecule has 2 atom stereocenters. The van der Waals surface area contributed by atoms with Gasteiger partial charge in [-0.3, -0.25) is 14.4 Å². The third-order valence-electron chi connectivity index (χ3n) is 5.67. The number of carbonyl (C=O) groups excluding carboxylic acids is 4. The van der Waals surface area contributed by atoms with Gasteiger partial charge in [-0.25, -0.2) is 4.79 Å². The Labute approximate surface area is 192 Å². The molecular formula is C24H29N3O6. The maximum absolute atomic E-state index is 13.1. The van der Waals surface area contributed by atoms with Gasteiger partial charge in [-0.2, -0.15) is 0 Å². The molecule has 1 aliphatic rings. The van der Waals surface area contributed by atoms with Crippen LogP contribution in [0.2, 0.25) is 0 Å². The molecular weight excluding hydrogens is 426 g/mol. The summed E-state index contributed by atoms with van der Waals surface area (Å²) in [6, 6.07) is 8.36. The third kappa shape index (κ3) is 6.74. The van der Waals surface area contributed by atoms with Gasteiger partial charge in [0.1, 0.15) is 12.4 Å². The number of aromatic nitrogens is 1. The second kappa shape index (κ2) is 11.4. The second-order valence-electron chi connectivity index (χ2n) is 8.48. The Balaban J connectivity index is 1.64. The number of nitrogens with zero attached hydrogens (tertiary/aromatic N) is 1. The van der Waals surface area contributed by atoms with Gasteiger partial charge in [0.2, 0.25) is 5.78 Å². The van der Waals surface area contributed by atoms with E-state index in [9.17, 15) is 19.2 Å². The maximum atomic E-state index is 13.1. The number of rotatable bonds is 7. The summed E-state index contributed by atoms with van der Waals surface area (Å²) in [5, 5.41) is 8.99. The van der Waals surface area contributed by atoms with E-state index in [0.717, 1.165) is 11.1 Å². The number of hydrogen-bond acceptors (Lipinski definition) is 7. The zero-order valence-electron chi connectivity index (χ0n) is 18.8. The van der Waals surface area contributed by atoms with Gasteiger partial charge in [0.05, 0.1) is 12.2 Å². The fourth-order valence-electron chi connectivity index (χ4n) is 3.79. The fraction of sp³-hybridized carbons (Fsp3) is 0.458. The molecule has 9 nitrogen and oxygen atoms in total. The standard InChI is InChI=1S/C24H29N3O6/c1-15(2)21(27-24(31)32-14-16-6-4-3-5-7-16)19(28)12-17-8-9-18-13-26-33-20(18)10-11-25-23(30)22(17)29/h3-7,13,15,17,21H,8-12,14H2,1-2H3,(H,25,30)(H,27,31). The number of amides is 2. The van der Waals surface area contributed by atoms with Gasteiger partial charge < -0.3 is 19.9 Å². The monoisotopic (exact) mass is 455 g/mol.